The first-order chi connectivity index (χ1) is 14.2. The van der Waals surface area contributed by atoms with Crippen LogP contribution in [0.15, 0.2) is 48.5 Å². The van der Waals surface area contributed by atoms with Crippen LogP contribution in [0.25, 0.3) is 10.9 Å². The highest BCUT2D eigenvalue weighted by Crippen LogP contribution is 2.43. The summed E-state index contributed by atoms with van der Waals surface area (Å²) in [6.07, 6.45) is 3.40. The summed E-state index contributed by atoms with van der Waals surface area (Å²) in [4.78, 5) is 18.6. The van der Waals surface area contributed by atoms with Crippen molar-refractivity contribution in [1.29, 1.82) is 0 Å². The number of nitrogens with zero attached hydrogens (tertiary/aromatic N) is 1. The molecule has 150 valence electrons. The number of carbonyl (C=O) groups is 1. The average Bonchev–Trinajstić information content (AvgIpc) is 3.51. The van der Waals surface area contributed by atoms with Crippen molar-refractivity contribution in [2.24, 2.45) is 0 Å². The smallest absolute Gasteiger partial charge is 0.270 e. The summed E-state index contributed by atoms with van der Waals surface area (Å²) in [6, 6.07) is 16.8. The van der Waals surface area contributed by atoms with Gasteiger partial charge in [-0.05, 0) is 60.6 Å². The molecule has 1 aromatic heterocycles. The van der Waals surface area contributed by atoms with Gasteiger partial charge in [-0.3, -0.25) is 4.79 Å². The number of aromatic nitrogens is 1. The normalized spacial score (nSPS) is 19.5. The summed E-state index contributed by atoms with van der Waals surface area (Å²) in [5.41, 5.74) is 4.38. The Bertz CT molecular complexity index is 1040. The number of carbonyl (C=O) groups excluding carboxylic acids is 1. The van der Waals surface area contributed by atoms with E-state index in [2.05, 4.69) is 46.7 Å². The number of amides is 1. The number of methoxy groups -OCH3 is 1. The molecule has 1 saturated carbocycles. The number of aromatic amines is 1. The lowest BCUT2D eigenvalue weighted by Crippen LogP contribution is -2.53. The Morgan fingerprint density at radius 3 is 2.86 bits per heavy atom. The van der Waals surface area contributed by atoms with Crippen molar-refractivity contribution in [2.45, 2.75) is 31.2 Å². The maximum Gasteiger partial charge on any atom is 0.270 e. The number of nitrogens with one attached hydrogen (secondary N) is 2. The van der Waals surface area contributed by atoms with Crippen LogP contribution in [-0.2, 0) is 6.42 Å². The third kappa shape index (κ3) is 3.75. The van der Waals surface area contributed by atoms with E-state index in [0.717, 1.165) is 30.8 Å². The predicted molar refractivity (Wildman–Crippen MR) is 115 cm³/mol. The zero-order valence-electron chi connectivity index (χ0n) is 16.8. The molecule has 1 atom stereocenters. The molecule has 2 aromatic carbocycles. The van der Waals surface area contributed by atoms with Gasteiger partial charge in [0.05, 0.1) is 7.11 Å². The molecule has 2 heterocycles. The highest BCUT2D eigenvalue weighted by atomic mass is 16.5. The van der Waals surface area contributed by atoms with Crippen LogP contribution in [-0.4, -0.2) is 48.6 Å². The van der Waals surface area contributed by atoms with Crippen LogP contribution in [0.2, 0.25) is 0 Å². The number of benzene rings is 2. The number of hydrogen-bond donors (Lipinski definition) is 2. The minimum atomic E-state index is 0.0973. The van der Waals surface area contributed by atoms with Gasteiger partial charge in [-0.15, -0.1) is 0 Å². The molecule has 0 bridgehead atoms. The fraction of sp³-hybridized carbons (Fsp3) is 0.375. The lowest BCUT2D eigenvalue weighted by atomic mass is 10.0. The molecular weight excluding hydrogens is 362 g/mol. The lowest BCUT2D eigenvalue weighted by molar-refractivity contribution is 0.0698. The van der Waals surface area contributed by atoms with Gasteiger partial charge in [0.25, 0.3) is 5.91 Å². The van der Waals surface area contributed by atoms with Crippen molar-refractivity contribution in [3.8, 4) is 5.75 Å². The summed E-state index contributed by atoms with van der Waals surface area (Å²) in [6.45, 7) is 2.26. The van der Waals surface area contributed by atoms with Gasteiger partial charge < -0.3 is 19.9 Å². The third-order valence-corrected chi connectivity index (χ3v) is 6.10. The van der Waals surface area contributed by atoms with E-state index in [-0.39, 0.29) is 11.9 Å². The van der Waals surface area contributed by atoms with Gasteiger partial charge in [-0.1, -0.05) is 24.3 Å². The topological polar surface area (TPSA) is 57.4 Å². The van der Waals surface area contributed by atoms with Crippen LogP contribution in [0, 0.1) is 0 Å². The molecule has 5 nitrogen and oxygen atoms in total. The van der Waals surface area contributed by atoms with E-state index >= 15 is 0 Å². The first-order valence-corrected chi connectivity index (χ1v) is 10.5. The summed E-state index contributed by atoms with van der Waals surface area (Å²) < 4.78 is 5.33. The summed E-state index contributed by atoms with van der Waals surface area (Å²) in [5.74, 6) is 1.64. The van der Waals surface area contributed by atoms with Crippen LogP contribution in [0.1, 0.15) is 40.4 Å². The number of hydrogen-bond acceptors (Lipinski definition) is 3. The minimum Gasteiger partial charge on any atom is -0.497 e. The minimum absolute atomic E-state index is 0.0973. The SMILES string of the molecule is COc1cccc(CC2CN(C(=O)c3cc4c(C5CC5)cccc4[nH]3)CCN2)c1. The van der Waals surface area contributed by atoms with Crippen LogP contribution in [0.4, 0.5) is 0 Å². The Kier molecular flexibility index (Phi) is 4.76. The Labute approximate surface area is 171 Å². The maximum atomic E-state index is 13.2. The third-order valence-electron chi connectivity index (χ3n) is 6.10. The first-order valence-electron chi connectivity index (χ1n) is 10.5. The molecule has 1 saturated heterocycles. The molecule has 2 aliphatic rings. The van der Waals surface area contributed by atoms with Gasteiger partial charge in [0.2, 0.25) is 0 Å². The summed E-state index contributed by atoms with van der Waals surface area (Å²) in [7, 11) is 1.69. The van der Waals surface area contributed by atoms with E-state index in [0.29, 0.717) is 18.2 Å². The molecule has 2 N–H and O–H groups in total. The molecule has 5 rings (SSSR count). The molecular formula is C24H27N3O2. The van der Waals surface area contributed by atoms with Crippen molar-refractivity contribution in [1.82, 2.24) is 15.2 Å². The van der Waals surface area contributed by atoms with Gasteiger partial charge in [-0.2, -0.15) is 0 Å². The largest absolute Gasteiger partial charge is 0.497 e. The zero-order valence-corrected chi connectivity index (χ0v) is 16.8. The van der Waals surface area contributed by atoms with E-state index in [1.165, 1.54) is 29.4 Å². The van der Waals surface area contributed by atoms with E-state index in [1.54, 1.807) is 7.11 Å². The molecule has 1 amide bonds. The van der Waals surface area contributed by atoms with E-state index < -0.39 is 0 Å². The second-order valence-corrected chi connectivity index (χ2v) is 8.22. The van der Waals surface area contributed by atoms with E-state index in [1.807, 2.05) is 17.0 Å². The number of fused-ring (bicyclic) bond motifs is 1. The van der Waals surface area contributed by atoms with Crippen LogP contribution in [0.3, 0.4) is 0 Å². The van der Waals surface area contributed by atoms with Crippen LogP contribution in [0.5, 0.6) is 5.75 Å². The zero-order chi connectivity index (χ0) is 19.8. The molecule has 1 aliphatic heterocycles. The average molecular weight is 389 g/mol. The van der Waals surface area contributed by atoms with Gasteiger partial charge >= 0.3 is 0 Å². The fourth-order valence-electron chi connectivity index (χ4n) is 4.45. The predicted octanol–water partition coefficient (Wildman–Crippen LogP) is 3.71. The standard InChI is InChI=1S/C24H27N3O2/c1-29-19-5-2-4-16(13-19)12-18-15-27(11-10-25-18)24(28)23-14-21-20(17-8-9-17)6-3-7-22(21)26-23/h2-7,13-14,17-18,25-26H,8-12,15H2,1H3. The summed E-state index contributed by atoms with van der Waals surface area (Å²) >= 11 is 0. The van der Waals surface area contributed by atoms with Crippen molar-refractivity contribution >= 4 is 16.8 Å². The molecule has 1 aliphatic carbocycles. The highest BCUT2D eigenvalue weighted by Gasteiger charge is 2.28. The van der Waals surface area contributed by atoms with E-state index in [4.69, 9.17) is 4.74 Å². The molecule has 2 fully saturated rings. The van der Waals surface area contributed by atoms with Crippen molar-refractivity contribution < 1.29 is 9.53 Å². The fourth-order valence-corrected chi connectivity index (χ4v) is 4.45. The second kappa shape index (κ2) is 7.56. The molecule has 3 aromatic rings. The van der Waals surface area contributed by atoms with Gasteiger partial charge in [0, 0.05) is 36.6 Å². The van der Waals surface area contributed by atoms with E-state index in [9.17, 15) is 4.79 Å². The molecule has 1 unspecified atom stereocenters. The quantitative estimate of drug-likeness (QED) is 0.699. The number of H-pyrrole nitrogens is 1. The monoisotopic (exact) mass is 389 g/mol. The Morgan fingerprint density at radius 2 is 2.03 bits per heavy atom. The molecule has 0 radical (unpaired) electrons. The van der Waals surface area contributed by atoms with Gasteiger partial charge in [-0.25, -0.2) is 0 Å². The Hall–Kier alpha value is -2.79. The second-order valence-electron chi connectivity index (χ2n) is 8.22. The molecule has 29 heavy (non-hydrogen) atoms. The highest BCUT2D eigenvalue weighted by molar-refractivity contribution is 5.99. The Morgan fingerprint density at radius 1 is 1.17 bits per heavy atom. The molecule has 5 heteroatoms. The number of piperazine rings is 1. The van der Waals surface area contributed by atoms with Gasteiger partial charge in [0.1, 0.15) is 11.4 Å². The van der Waals surface area contributed by atoms with Crippen molar-refractivity contribution in [2.75, 3.05) is 26.7 Å². The maximum absolute atomic E-state index is 13.2. The van der Waals surface area contributed by atoms with Crippen molar-refractivity contribution in [3.05, 3.63) is 65.4 Å². The summed E-state index contributed by atoms with van der Waals surface area (Å²) in [5, 5.41) is 4.77. The lowest BCUT2D eigenvalue weighted by Gasteiger charge is -2.33. The number of ether oxygens (including phenoxy) is 1. The van der Waals surface area contributed by atoms with Crippen LogP contribution >= 0.6 is 0 Å². The van der Waals surface area contributed by atoms with Gasteiger partial charge in [0.15, 0.2) is 0 Å². The van der Waals surface area contributed by atoms with Crippen LogP contribution < -0.4 is 10.1 Å². The molecule has 0 spiro atoms. The van der Waals surface area contributed by atoms with Crippen molar-refractivity contribution in [3.63, 3.8) is 0 Å². The number of rotatable bonds is 5. The Balaban J connectivity index is 1.32. The first kappa shape index (κ1) is 18.3.